The number of para-hydroxylation sites is 1. The largest absolute Gasteiger partial charge is 0.369 e. The number of nitrogens with zero attached hydrogens (tertiary/aromatic N) is 2. The third-order valence-corrected chi connectivity index (χ3v) is 4.56. The number of nitrogens with two attached hydrogens (primary N) is 1. The van der Waals surface area contributed by atoms with Gasteiger partial charge >= 0.3 is 0 Å². The minimum atomic E-state index is -0.514. The summed E-state index contributed by atoms with van der Waals surface area (Å²) >= 11 is 0. The Labute approximate surface area is 148 Å². The molecule has 1 aliphatic heterocycles. The van der Waals surface area contributed by atoms with E-state index >= 15 is 0 Å². The van der Waals surface area contributed by atoms with Crippen LogP contribution < -0.4 is 16.0 Å². The van der Waals surface area contributed by atoms with Crippen LogP contribution in [-0.4, -0.2) is 44.0 Å². The number of hydrogen-bond acceptors (Lipinski definition) is 4. The standard InChI is InChI=1S/C20H24N4O/c1-15(20(21)25)18-5-3-4-6-19(18)22-16-7-9-17(10-8-16)24-13-11-23(2)12-14-24/h3-10,22H,1,11-14H2,2H3,(H2,21,25). The zero-order valence-electron chi connectivity index (χ0n) is 14.5. The van der Waals surface area contributed by atoms with Crippen LogP contribution in [0.5, 0.6) is 0 Å². The van der Waals surface area contributed by atoms with Gasteiger partial charge in [0.15, 0.2) is 0 Å². The number of primary amides is 1. The lowest BCUT2D eigenvalue weighted by molar-refractivity contribution is -0.112. The first-order valence-electron chi connectivity index (χ1n) is 8.43. The van der Waals surface area contributed by atoms with Crippen molar-refractivity contribution >= 4 is 28.5 Å². The first-order chi connectivity index (χ1) is 12.0. The molecule has 2 aromatic carbocycles. The number of anilines is 3. The third kappa shape index (κ3) is 4.00. The van der Waals surface area contributed by atoms with Gasteiger partial charge in [0.25, 0.3) is 0 Å². The number of amides is 1. The van der Waals surface area contributed by atoms with Crippen molar-refractivity contribution in [3.8, 4) is 0 Å². The molecule has 0 spiro atoms. The number of benzene rings is 2. The van der Waals surface area contributed by atoms with Gasteiger partial charge < -0.3 is 20.9 Å². The molecule has 3 rings (SSSR count). The van der Waals surface area contributed by atoms with E-state index in [9.17, 15) is 4.79 Å². The van der Waals surface area contributed by atoms with Crippen LogP contribution in [0.4, 0.5) is 17.1 Å². The smallest absolute Gasteiger partial charge is 0.248 e. The SMILES string of the molecule is C=C(C(N)=O)c1ccccc1Nc1ccc(N2CCN(C)CC2)cc1. The lowest BCUT2D eigenvalue weighted by atomic mass is 10.0. The maximum Gasteiger partial charge on any atom is 0.248 e. The van der Waals surface area contributed by atoms with E-state index in [1.165, 1.54) is 5.69 Å². The average molecular weight is 336 g/mol. The maximum absolute atomic E-state index is 11.4. The molecular weight excluding hydrogens is 312 g/mol. The second kappa shape index (κ2) is 7.40. The van der Waals surface area contributed by atoms with Gasteiger partial charge in [-0.15, -0.1) is 0 Å². The first-order valence-corrected chi connectivity index (χ1v) is 8.43. The van der Waals surface area contributed by atoms with Crippen molar-refractivity contribution in [1.29, 1.82) is 0 Å². The number of piperazine rings is 1. The van der Waals surface area contributed by atoms with E-state index in [-0.39, 0.29) is 0 Å². The zero-order chi connectivity index (χ0) is 17.8. The van der Waals surface area contributed by atoms with E-state index in [0.29, 0.717) is 5.57 Å². The highest BCUT2D eigenvalue weighted by Crippen LogP contribution is 2.27. The molecule has 0 saturated carbocycles. The van der Waals surface area contributed by atoms with E-state index in [2.05, 4.69) is 53.0 Å². The molecule has 1 fully saturated rings. The third-order valence-electron chi connectivity index (χ3n) is 4.56. The van der Waals surface area contributed by atoms with Gasteiger partial charge in [0.1, 0.15) is 0 Å². The Bertz CT molecular complexity index is 762. The normalized spacial score (nSPS) is 15.0. The van der Waals surface area contributed by atoms with Crippen molar-refractivity contribution in [1.82, 2.24) is 4.90 Å². The van der Waals surface area contributed by atoms with Crippen LogP contribution in [0.15, 0.2) is 55.1 Å². The Balaban J connectivity index is 1.74. The molecule has 5 heteroatoms. The molecule has 5 nitrogen and oxygen atoms in total. The monoisotopic (exact) mass is 336 g/mol. The Morgan fingerprint density at radius 3 is 2.32 bits per heavy atom. The summed E-state index contributed by atoms with van der Waals surface area (Å²) in [5.74, 6) is -0.514. The molecular formula is C20H24N4O. The summed E-state index contributed by atoms with van der Waals surface area (Å²) in [6.45, 7) is 8.05. The van der Waals surface area contributed by atoms with Gasteiger partial charge in [-0.05, 0) is 37.4 Å². The summed E-state index contributed by atoms with van der Waals surface area (Å²) in [4.78, 5) is 16.2. The van der Waals surface area contributed by atoms with Crippen molar-refractivity contribution in [2.45, 2.75) is 0 Å². The number of likely N-dealkylation sites (N-methyl/N-ethyl adjacent to an activating group) is 1. The highest BCUT2D eigenvalue weighted by molar-refractivity contribution is 6.19. The highest BCUT2D eigenvalue weighted by Gasteiger charge is 2.14. The molecule has 1 amide bonds. The number of nitrogens with one attached hydrogen (secondary N) is 1. The van der Waals surface area contributed by atoms with Gasteiger partial charge in [-0.1, -0.05) is 24.8 Å². The molecule has 0 atom stereocenters. The number of rotatable bonds is 5. The predicted octanol–water partition coefficient (Wildman–Crippen LogP) is 2.68. The van der Waals surface area contributed by atoms with E-state index < -0.39 is 5.91 Å². The summed E-state index contributed by atoms with van der Waals surface area (Å²) in [6.07, 6.45) is 0. The minimum absolute atomic E-state index is 0.303. The summed E-state index contributed by atoms with van der Waals surface area (Å²) < 4.78 is 0. The van der Waals surface area contributed by atoms with Crippen LogP contribution in [0.25, 0.3) is 5.57 Å². The fourth-order valence-corrected chi connectivity index (χ4v) is 2.96. The summed E-state index contributed by atoms with van der Waals surface area (Å²) in [6, 6.07) is 15.9. The predicted molar refractivity (Wildman–Crippen MR) is 104 cm³/mol. The molecule has 0 bridgehead atoms. The molecule has 25 heavy (non-hydrogen) atoms. The van der Waals surface area contributed by atoms with Gasteiger partial charge in [0.05, 0.1) is 0 Å². The number of hydrogen-bond donors (Lipinski definition) is 2. The molecule has 0 radical (unpaired) electrons. The fraction of sp³-hybridized carbons (Fsp3) is 0.250. The van der Waals surface area contributed by atoms with Crippen LogP contribution >= 0.6 is 0 Å². The Morgan fingerprint density at radius 1 is 1.04 bits per heavy atom. The van der Waals surface area contributed by atoms with E-state index in [4.69, 9.17) is 5.73 Å². The zero-order valence-corrected chi connectivity index (χ0v) is 14.5. The van der Waals surface area contributed by atoms with Crippen molar-refractivity contribution < 1.29 is 4.79 Å². The molecule has 1 heterocycles. The summed E-state index contributed by atoms with van der Waals surface area (Å²) in [7, 11) is 2.15. The van der Waals surface area contributed by atoms with Crippen LogP contribution in [-0.2, 0) is 4.79 Å². The van der Waals surface area contributed by atoms with Crippen molar-refractivity contribution in [3.05, 3.63) is 60.7 Å². The summed E-state index contributed by atoms with van der Waals surface area (Å²) in [5.41, 5.74) is 9.40. The van der Waals surface area contributed by atoms with Gasteiger partial charge in [-0.2, -0.15) is 0 Å². The van der Waals surface area contributed by atoms with Gasteiger partial charge in [0, 0.05) is 54.4 Å². The average Bonchev–Trinajstić information content (AvgIpc) is 2.63. The molecule has 1 saturated heterocycles. The second-order valence-electron chi connectivity index (χ2n) is 6.35. The van der Waals surface area contributed by atoms with Crippen LogP contribution in [0.3, 0.4) is 0 Å². The first kappa shape index (κ1) is 17.0. The van der Waals surface area contributed by atoms with Crippen molar-refractivity contribution in [2.24, 2.45) is 5.73 Å². The molecule has 130 valence electrons. The lowest BCUT2D eigenvalue weighted by Gasteiger charge is -2.34. The lowest BCUT2D eigenvalue weighted by Crippen LogP contribution is -2.44. The Hall–Kier alpha value is -2.79. The molecule has 0 aromatic heterocycles. The Kier molecular flexibility index (Phi) is 5.05. The topological polar surface area (TPSA) is 61.6 Å². The number of carbonyl (C=O) groups excluding carboxylic acids is 1. The minimum Gasteiger partial charge on any atom is -0.369 e. The second-order valence-corrected chi connectivity index (χ2v) is 6.35. The molecule has 3 N–H and O–H groups in total. The van der Waals surface area contributed by atoms with E-state index in [1.807, 2.05) is 24.3 Å². The van der Waals surface area contributed by atoms with Gasteiger partial charge in [0.2, 0.25) is 5.91 Å². The van der Waals surface area contributed by atoms with E-state index in [0.717, 1.165) is 43.1 Å². The molecule has 0 unspecified atom stereocenters. The van der Waals surface area contributed by atoms with Crippen LogP contribution in [0, 0.1) is 0 Å². The molecule has 2 aromatic rings. The fourth-order valence-electron chi connectivity index (χ4n) is 2.96. The van der Waals surface area contributed by atoms with Crippen molar-refractivity contribution in [2.75, 3.05) is 43.4 Å². The van der Waals surface area contributed by atoms with Gasteiger partial charge in [-0.3, -0.25) is 4.79 Å². The van der Waals surface area contributed by atoms with Crippen molar-refractivity contribution in [3.63, 3.8) is 0 Å². The van der Waals surface area contributed by atoms with Crippen LogP contribution in [0.1, 0.15) is 5.56 Å². The van der Waals surface area contributed by atoms with Gasteiger partial charge in [-0.25, -0.2) is 0 Å². The Morgan fingerprint density at radius 2 is 1.68 bits per heavy atom. The summed E-state index contributed by atoms with van der Waals surface area (Å²) in [5, 5.41) is 3.35. The van der Waals surface area contributed by atoms with Crippen LogP contribution in [0.2, 0.25) is 0 Å². The highest BCUT2D eigenvalue weighted by atomic mass is 16.1. The quantitative estimate of drug-likeness (QED) is 0.824. The molecule has 1 aliphatic rings. The maximum atomic E-state index is 11.4. The van der Waals surface area contributed by atoms with E-state index in [1.54, 1.807) is 0 Å². The number of carbonyl (C=O) groups is 1. The molecule has 0 aliphatic carbocycles.